The van der Waals surface area contributed by atoms with Crippen molar-refractivity contribution in [2.45, 2.75) is 25.3 Å². The number of nitrogens with one attached hydrogen (secondary N) is 1. The van der Waals surface area contributed by atoms with Crippen LogP contribution in [0, 0.1) is 17.0 Å². The number of aromatic nitrogens is 2. The fourth-order valence-electron chi connectivity index (χ4n) is 2.19. The Morgan fingerprint density at radius 1 is 1.38 bits per heavy atom. The molecule has 2 rings (SSSR count). The van der Waals surface area contributed by atoms with E-state index in [1.54, 1.807) is 0 Å². The molecule has 0 saturated heterocycles. The highest BCUT2D eigenvalue weighted by Gasteiger charge is 2.29. The summed E-state index contributed by atoms with van der Waals surface area (Å²) in [4.78, 5) is 25.3. The third-order valence-electron chi connectivity index (χ3n) is 3.35. The lowest BCUT2D eigenvalue weighted by Crippen LogP contribution is -2.15. The van der Waals surface area contributed by atoms with E-state index in [0.29, 0.717) is 5.69 Å². The molecule has 1 aromatic heterocycles. The van der Waals surface area contributed by atoms with Gasteiger partial charge < -0.3 is 20.6 Å². The van der Waals surface area contributed by atoms with E-state index in [0.717, 1.165) is 4.57 Å². The molecule has 0 saturated carbocycles. The van der Waals surface area contributed by atoms with Crippen molar-refractivity contribution in [1.82, 2.24) is 9.55 Å². The zero-order valence-electron chi connectivity index (χ0n) is 14.0. The van der Waals surface area contributed by atoms with Crippen LogP contribution in [-0.2, 0) is 26.1 Å². The first kappa shape index (κ1) is 19.2. The summed E-state index contributed by atoms with van der Waals surface area (Å²) in [6, 6.07) is 5.33. The van der Waals surface area contributed by atoms with Gasteiger partial charge in [0.1, 0.15) is 13.2 Å². The SMILES string of the molecule is CC(=O)OCCn1c(C)nc(NS(=O)(=O)c2ccc(N)cc2)c1[N+](=O)[O-]. The molecule has 0 aliphatic rings. The van der Waals surface area contributed by atoms with Crippen LogP contribution in [0.3, 0.4) is 0 Å². The van der Waals surface area contributed by atoms with Crippen LogP contribution in [0.5, 0.6) is 0 Å². The van der Waals surface area contributed by atoms with Gasteiger partial charge in [0.2, 0.25) is 5.82 Å². The van der Waals surface area contributed by atoms with Crippen LogP contribution in [0.15, 0.2) is 29.2 Å². The maximum absolute atomic E-state index is 12.4. The molecule has 1 aromatic carbocycles. The van der Waals surface area contributed by atoms with Crippen molar-refractivity contribution in [2.75, 3.05) is 17.1 Å². The van der Waals surface area contributed by atoms with Crippen LogP contribution in [0.4, 0.5) is 17.3 Å². The van der Waals surface area contributed by atoms with Crippen molar-refractivity contribution in [3.63, 3.8) is 0 Å². The predicted molar refractivity (Wildman–Crippen MR) is 91.9 cm³/mol. The fourth-order valence-corrected chi connectivity index (χ4v) is 3.19. The summed E-state index contributed by atoms with van der Waals surface area (Å²) in [5.41, 5.74) is 5.90. The summed E-state index contributed by atoms with van der Waals surface area (Å²) in [5.74, 6) is -1.31. The van der Waals surface area contributed by atoms with Crippen molar-refractivity contribution in [3.05, 3.63) is 40.2 Å². The molecule has 0 radical (unpaired) electrons. The van der Waals surface area contributed by atoms with E-state index in [9.17, 15) is 23.3 Å². The Morgan fingerprint density at radius 3 is 2.54 bits per heavy atom. The van der Waals surface area contributed by atoms with E-state index in [1.807, 2.05) is 0 Å². The van der Waals surface area contributed by atoms with E-state index < -0.39 is 32.6 Å². The summed E-state index contributed by atoms with van der Waals surface area (Å²) < 4.78 is 32.9. The quantitative estimate of drug-likeness (QED) is 0.310. The monoisotopic (exact) mass is 383 g/mol. The minimum Gasteiger partial charge on any atom is -0.462 e. The maximum Gasteiger partial charge on any atom is 0.368 e. The molecule has 0 spiro atoms. The van der Waals surface area contributed by atoms with Crippen molar-refractivity contribution in [2.24, 2.45) is 0 Å². The average molecular weight is 383 g/mol. The molecule has 1 heterocycles. The van der Waals surface area contributed by atoms with Gasteiger partial charge in [-0.25, -0.2) is 13.0 Å². The van der Waals surface area contributed by atoms with Gasteiger partial charge >= 0.3 is 11.8 Å². The number of hydrogen-bond acceptors (Lipinski definition) is 8. The van der Waals surface area contributed by atoms with Gasteiger partial charge in [-0.1, -0.05) is 0 Å². The van der Waals surface area contributed by atoms with Gasteiger partial charge in [-0.3, -0.25) is 9.52 Å². The molecule has 26 heavy (non-hydrogen) atoms. The number of benzene rings is 1. The number of aryl methyl sites for hydroxylation is 1. The first-order chi connectivity index (χ1) is 12.1. The van der Waals surface area contributed by atoms with E-state index in [1.165, 1.54) is 38.1 Å². The smallest absolute Gasteiger partial charge is 0.368 e. The lowest BCUT2D eigenvalue weighted by Gasteiger charge is -2.07. The number of esters is 1. The van der Waals surface area contributed by atoms with Gasteiger partial charge in [0.05, 0.1) is 4.90 Å². The second kappa shape index (κ2) is 7.39. The normalized spacial score (nSPS) is 11.2. The third-order valence-corrected chi connectivity index (χ3v) is 4.70. The molecular formula is C14H17N5O6S. The van der Waals surface area contributed by atoms with Gasteiger partial charge in [-0.2, -0.15) is 4.98 Å². The van der Waals surface area contributed by atoms with Gasteiger partial charge in [0.25, 0.3) is 10.0 Å². The Bertz CT molecular complexity index is 935. The topological polar surface area (TPSA) is 159 Å². The molecule has 3 N–H and O–H groups in total. The van der Waals surface area contributed by atoms with Crippen LogP contribution < -0.4 is 10.5 Å². The van der Waals surface area contributed by atoms with Crippen LogP contribution in [0.2, 0.25) is 0 Å². The van der Waals surface area contributed by atoms with Gasteiger partial charge in [0.15, 0.2) is 5.82 Å². The number of sulfonamides is 1. The van der Waals surface area contributed by atoms with Crippen molar-refractivity contribution in [3.8, 4) is 0 Å². The molecule has 0 aliphatic heterocycles. The number of carbonyl (C=O) groups is 1. The first-order valence-electron chi connectivity index (χ1n) is 7.35. The lowest BCUT2D eigenvalue weighted by molar-refractivity contribution is -0.391. The number of carbonyl (C=O) groups excluding carboxylic acids is 1. The van der Waals surface area contributed by atoms with Crippen LogP contribution in [0.25, 0.3) is 0 Å². The summed E-state index contributed by atoms with van der Waals surface area (Å²) >= 11 is 0. The molecule has 12 heteroatoms. The highest BCUT2D eigenvalue weighted by Crippen LogP contribution is 2.28. The van der Waals surface area contributed by atoms with Crippen molar-refractivity contribution >= 4 is 33.3 Å². The summed E-state index contributed by atoms with van der Waals surface area (Å²) in [5, 5.41) is 11.4. The molecule has 0 amide bonds. The fraction of sp³-hybridized carbons (Fsp3) is 0.286. The van der Waals surface area contributed by atoms with E-state index in [4.69, 9.17) is 10.5 Å². The largest absolute Gasteiger partial charge is 0.462 e. The molecule has 140 valence electrons. The van der Waals surface area contributed by atoms with Gasteiger partial charge in [-0.05, 0) is 29.2 Å². The molecule has 2 aromatic rings. The highest BCUT2D eigenvalue weighted by atomic mass is 32.2. The summed E-state index contributed by atoms with van der Waals surface area (Å²) in [6.07, 6.45) is 0. The molecule has 11 nitrogen and oxygen atoms in total. The number of imidazole rings is 1. The first-order valence-corrected chi connectivity index (χ1v) is 8.83. The Hall–Kier alpha value is -3.15. The van der Waals surface area contributed by atoms with Crippen molar-refractivity contribution < 1.29 is 22.9 Å². The zero-order valence-corrected chi connectivity index (χ0v) is 14.8. The minimum absolute atomic E-state index is 0.0433. The number of nitrogens with zero attached hydrogens (tertiary/aromatic N) is 3. The Kier molecular flexibility index (Phi) is 5.45. The molecule has 0 bridgehead atoms. The summed E-state index contributed by atoms with van der Waals surface area (Å²) in [7, 11) is -4.09. The van der Waals surface area contributed by atoms with Crippen LogP contribution in [-0.4, -0.2) is 35.5 Å². The second-order valence-electron chi connectivity index (χ2n) is 5.25. The molecule has 0 atom stereocenters. The molecule has 0 aliphatic carbocycles. The number of rotatable bonds is 7. The number of nitrogens with two attached hydrogens (primary N) is 1. The molecule has 0 fully saturated rings. The summed E-state index contributed by atoms with van der Waals surface area (Å²) in [6.45, 7) is 2.53. The van der Waals surface area contributed by atoms with E-state index >= 15 is 0 Å². The van der Waals surface area contributed by atoms with Crippen LogP contribution >= 0.6 is 0 Å². The second-order valence-corrected chi connectivity index (χ2v) is 6.94. The highest BCUT2D eigenvalue weighted by molar-refractivity contribution is 7.92. The van der Waals surface area contributed by atoms with Gasteiger partial charge in [-0.15, -0.1) is 0 Å². The number of nitro groups is 1. The Labute approximate surface area is 149 Å². The number of nitrogen functional groups attached to an aromatic ring is 1. The molecule has 0 unspecified atom stereocenters. The third kappa shape index (κ3) is 4.27. The molecular weight excluding hydrogens is 366 g/mol. The zero-order chi connectivity index (χ0) is 19.5. The Balaban J connectivity index is 2.35. The maximum atomic E-state index is 12.4. The minimum atomic E-state index is -4.09. The number of ether oxygens (including phenoxy) is 1. The average Bonchev–Trinajstić information content (AvgIpc) is 2.82. The van der Waals surface area contributed by atoms with Crippen molar-refractivity contribution in [1.29, 1.82) is 0 Å². The number of anilines is 2. The van der Waals surface area contributed by atoms with E-state index in [-0.39, 0.29) is 23.9 Å². The predicted octanol–water partition coefficient (Wildman–Crippen LogP) is 1.05. The number of hydrogen-bond donors (Lipinski definition) is 2. The van der Waals surface area contributed by atoms with E-state index in [2.05, 4.69) is 9.71 Å². The lowest BCUT2D eigenvalue weighted by atomic mass is 10.3. The Morgan fingerprint density at radius 2 is 2.00 bits per heavy atom. The standard InChI is InChI=1S/C14H17N5O6S/c1-9-16-13(14(19(21)22)18(9)7-8-25-10(2)20)17-26(23,24)12-5-3-11(15)4-6-12/h3-6,17H,7-8,15H2,1-2H3. The van der Waals surface area contributed by atoms with Crippen LogP contribution in [0.1, 0.15) is 12.7 Å². The van der Waals surface area contributed by atoms with Gasteiger partial charge in [0, 0.05) is 19.5 Å².